The van der Waals surface area contributed by atoms with Crippen LogP contribution >= 0.6 is 0 Å². The molecular weight excluding hydrogens is 436 g/mol. The van der Waals surface area contributed by atoms with Crippen molar-refractivity contribution in [2.45, 2.75) is 19.3 Å². The Labute approximate surface area is 198 Å². The number of alkyl carbamates (subject to hydrolysis) is 1. The van der Waals surface area contributed by atoms with Crippen LogP contribution in [0.25, 0.3) is 11.1 Å². The highest BCUT2D eigenvalue weighted by molar-refractivity contribution is 5.81. The molecule has 2 amide bonds. The lowest BCUT2D eigenvalue weighted by molar-refractivity contribution is -0.144. The number of carbonyl (C=O) groups is 3. The molecule has 8 nitrogen and oxygen atoms in total. The Balaban J connectivity index is 1.33. The van der Waals surface area contributed by atoms with Gasteiger partial charge in [-0.05, 0) is 28.7 Å². The average Bonchev–Trinajstić information content (AvgIpc) is 2.98. The summed E-state index contributed by atoms with van der Waals surface area (Å²) in [6.45, 7) is 3.03. The molecule has 2 aliphatic rings. The molecular formula is C26H30N2O6. The van der Waals surface area contributed by atoms with Gasteiger partial charge in [-0.15, -0.1) is 0 Å². The minimum Gasteiger partial charge on any atom is -0.481 e. The number of nitrogens with zero attached hydrogens (tertiary/aromatic N) is 1. The van der Waals surface area contributed by atoms with Gasteiger partial charge in [0.25, 0.3) is 0 Å². The number of carboxylic acids is 1. The van der Waals surface area contributed by atoms with Crippen molar-refractivity contribution < 1.29 is 29.0 Å². The van der Waals surface area contributed by atoms with Gasteiger partial charge in [-0.3, -0.25) is 9.59 Å². The van der Waals surface area contributed by atoms with Crippen LogP contribution in [0.5, 0.6) is 0 Å². The Kier molecular flexibility index (Phi) is 7.47. The third kappa shape index (κ3) is 5.07. The maximum Gasteiger partial charge on any atom is 0.407 e. The molecule has 0 radical (unpaired) electrons. The predicted octanol–water partition coefficient (Wildman–Crippen LogP) is 3.11. The van der Waals surface area contributed by atoms with E-state index in [0.29, 0.717) is 19.6 Å². The van der Waals surface area contributed by atoms with E-state index in [9.17, 15) is 19.5 Å². The molecule has 1 fully saturated rings. The van der Waals surface area contributed by atoms with Gasteiger partial charge < -0.3 is 24.8 Å². The summed E-state index contributed by atoms with van der Waals surface area (Å²) in [5, 5.41) is 12.0. The van der Waals surface area contributed by atoms with Crippen molar-refractivity contribution in [1.29, 1.82) is 0 Å². The number of aliphatic carboxylic acids is 1. The largest absolute Gasteiger partial charge is 0.481 e. The Morgan fingerprint density at radius 3 is 2.38 bits per heavy atom. The molecule has 4 rings (SSSR count). The summed E-state index contributed by atoms with van der Waals surface area (Å²) in [4.78, 5) is 38.4. The first kappa shape index (κ1) is 23.8. The van der Waals surface area contributed by atoms with E-state index in [2.05, 4.69) is 29.6 Å². The molecule has 2 atom stereocenters. The monoisotopic (exact) mass is 466 g/mol. The standard InChI is InChI=1S/C26H30N2O6/c1-2-17(24(29)28-11-12-33-15-18(14-28)25(30)31)13-27-26(32)34-16-23-21-9-5-3-7-19(21)20-8-4-6-10-22(20)23/h3-10,17-18,23H,2,11-16H2,1H3,(H,27,32)(H,30,31). The van der Waals surface area contributed by atoms with Gasteiger partial charge in [0.2, 0.25) is 5.91 Å². The molecule has 1 heterocycles. The maximum absolute atomic E-state index is 13.0. The van der Waals surface area contributed by atoms with Crippen molar-refractivity contribution in [3.63, 3.8) is 0 Å². The lowest BCUT2D eigenvalue weighted by atomic mass is 9.98. The van der Waals surface area contributed by atoms with Crippen molar-refractivity contribution in [3.8, 4) is 11.1 Å². The molecule has 0 bridgehead atoms. The Morgan fingerprint density at radius 1 is 1.12 bits per heavy atom. The smallest absolute Gasteiger partial charge is 0.407 e. The number of carbonyl (C=O) groups excluding carboxylic acids is 2. The van der Waals surface area contributed by atoms with E-state index < -0.39 is 23.9 Å². The predicted molar refractivity (Wildman–Crippen MR) is 125 cm³/mol. The lowest BCUT2D eigenvalue weighted by Gasteiger charge is -2.26. The SMILES string of the molecule is CCC(CNC(=O)OCC1c2ccccc2-c2ccccc21)C(=O)N1CCOCC(C(=O)O)C1. The van der Waals surface area contributed by atoms with E-state index in [1.54, 1.807) is 0 Å². The third-order valence-electron chi connectivity index (χ3n) is 6.60. The van der Waals surface area contributed by atoms with Crippen LogP contribution in [0.4, 0.5) is 4.79 Å². The van der Waals surface area contributed by atoms with Crippen LogP contribution in [-0.2, 0) is 19.1 Å². The van der Waals surface area contributed by atoms with Gasteiger partial charge in [0.1, 0.15) is 6.61 Å². The molecule has 0 spiro atoms. The number of nitrogens with one attached hydrogen (secondary N) is 1. The van der Waals surface area contributed by atoms with Crippen LogP contribution in [0.1, 0.15) is 30.4 Å². The molecule has 180 valence electrons. The number of hydrogen-bond donors (Lipinski definition) is 2. The normalized spacial score (nSPS) is 18.4. The van der Waals surface area contributed by atoms with Gasteiger partial charge >= 0.3 is 12.1 Å². The van der Waals surface area contributed by atoms with Crippen molar-refractivity contribution in [1.82, 2.24) is 10.2 Å². The fraction of sp³-hybridized carbons (Fsp3) is 0.423. The molecule has 8 heteroatoms. The number of rotatable bonds is 7. The summed E-state index contributed by atoms with van der Waals surface area (Å²) in [7, 11) is 0. The Bertz CT molecular complexity index is 1010. The number of amides is 2. The van der Waals surface area contributed by atoms with E-state index in [4.69, 9.17) is 9.47 Å². The topological polar surface area (TPSA) is 105 Å². The van der Waals surface area contributed by atoms with Gasteiger partial charge in [0, 0.05) is 25.6 Å². The van der Waals surface area contributed by atoms with Gasteiger partial charge in [0.15, 0.2) is 0 Å². The van der Waals surface area contributed by atoms with E-state index >= 15 is 0 Å². The molecule has 1 aliphatic heterocycles. The second-order valence-electron chi connectivity index (χ2n) is 8.71. The molecule has 0 saturated carbocycles. The third-order valence-corrected chi connectivity index (χ3v) is 6.60. The summed E-state index contributed by atoms with van der Waals surface area (Å²) in [5.74, 6) is -2.42. The zero-order valence-corrected chi connectivity index (χ0v) is 19.2. The van der Waals surface area contributed by atoms with Crippen molar-refractivity contribution >= 4 is 18.0 Å². The second-order valence-corrected chi connectivity index (χ2v) is 8.71. The van der Waals surface area contributed by atoms with Crippen LogP contribution in [-0.4, -0.2) is 67.4 Å². The molecule has 2 aromatic carbocycles. The second kappa shape index (κ2) is 10.7. The quantitative estimate of drug-likeness (QED) is 0.650. The summed E-state index contributed by atoms with van der Waals surface area (Å²) in [5.41, 5.74) is 4.58. The van der Waals surface area contributed by atoms with E-state index in [-0.39, 0.29) is 38.1 Å². The van der Waals surface area contributed by atoms with Crippen LogP contribution in [0.2, 0.25) is 0 Å². The van der Waals surface area contributed by atoms with Crippen molar-refractivity contribution in [2.75, 3.05) is 39.5 Å². The zero-order chi connectivity index (χ0) is 24.1. The summed E-state index contributed by atoms with van der Waals surface area (Å²) in [6, 6.07) is 16.2. The average molecular weight is 467 g/mol. The van der Waals surface area contributed by atoms with Crippen molar-refractivity contribution in [2.24, 2.45) is 11.8 Å². The minimum atomic E-state index is -0.982. The number of benzene rings is 2. The Morgan fingerprint density at radius 2 is 1.76 bits per heavy atom. The van der Waals surface area contributed by atoms with Crippen LogP contribution in [0.3, 0.4) is 0 Å². The molecule has 1 aliphatic carbocycles. The molecule has 2 N–H and O–H groups in total. The highest BCUT2D eigenvalue weighted by Crippen LogP contribution is 2.44. The summed E-state index contributed by atoms with van der Waals surface area (Å²) >= 11 is 0. The molecule has 2 aromatic rings. The van der Waals surface area contributed by atoms with Gasteiger partial charge in [-0.25, -0.2) is 4.79 Å². The molecule has 34 heavy (non-hydrogen) atoms. The van der Waals surface area contributed by atoms with E-state index in [1.165, 1.54) is 4.90 Å². The van der Waals surface area contributed by atoms with Crippen LogP contribution in [0, 0.1) is 11.8 Å². The number of carboxylic acid groups (broad SMARTS) is 1. The lowest BCUT2D eigenvalue weighted by Crippen LogP contribution is -2.44. The van der Waals surface area contributed by atoms with Crippen molar-refractivity contribution in [3.05, 3.63) is 59.7 Å². The Hall–Kier alpha value is -3.39. The molecule has 2 unspecified atom stereocenters. The summed E-state index contributed by atoms with van der Waals surface area (Å²) < 4.78 is 10.9. The maximum atomic E-state index is 13.0. The first-order chi connectivity index (χ1) is 16.5. The molecule has 0 aromatic heterocycles. The zero-order valence-electron chi connectivity index (χ0n) is 19.2. The van der Waals surface area contributed by atoms with E-state index in [1.807, 2.05) is 31.2 Å². The first-order valence-electron chi connectivity index (χ1n) is 11.7. The highest BCUT2D eigenvalue weighted by atomic mass is 16.5. The van der Waals surface area contributed by atoms with Crippen LogP contribution < -0.4 is 5.32 Å². The van der Waals surface area contributed by atoms with Gasteiger partial charge in [-0.2, -0.15) is 0 Å². The van der Waals surface area contributed by atoms with Gasteiger partial charge in [-0.1, -0.05) is 55.5 Å². The fourth-order valence-corrected chi connectivity index (χ4v) is 4.68. The van der Waals surface area contributed by atoms with Gasteiger partial charge in [0.05, 0.1) is 25.0 Å². The number of fused-ring (bicyclic) bond motifs is 3. The highest BCUT2D eigenvalue weighted by Gasteiger charge is 2.31. The van der Waals surface area contributed by atoms with Crippen LogP contribution in [0.15, 0.2) is 48.5 Å². The van der Waals surface area contributed by atoms with E-state index in [0.717, 1.165) is 22.3 Å². The summed E-state index contributed by atoms with van der Waals surface area (Å²) in [6.07, 6.45) is -0.0619. The minimum absolute atomic E-state index is 0.0354. The number of ether oxygens (including phenoxy) is 2. The first-order valence-corrected chi connectivity index (χ1v) is 11.7. The molecule has 1 saturated heterocycles. The fourth-order valence-electron chi connectivity index (χ4n) is 4.68. The number of hydrogen-bond acceptors (Lipinski definition) is 5.